The number of hydrazine groups is 1. The minimum atomic E-state index is -1.72. The highest BCUT2D eigenvalue weighted by Crippen LogP contribution is 2.44. The lowest BCUT2D eigenvalue weighted by Gasteiger charge is -2.18. The van der Waals surface area contributed by atoms with Crippen molar-refractivity contribution < 1.29 is 29.0 Å². The van der Waals surface area contributed by atoms with Crippen molar-refractivity contribution in [2.24, 2.45) is 0 Å². The molecule has 9 heteroatoms. The Kier molecular flexibility index (Phi) is 7.06. The van der Waals surface area contributed by atoms with Gasteiger partial charge < -0.3 is 15.2 Å². The van der Waals surface area contributed by atoms with Crippen LogP contribution < -0.4 is 16.2 Å². The molecule has 178 valence electrons. The SMILES string of the molecule is O=C(NNC(=O)[C@H](Cc1ccccc1)NC(=O)C(=O)O)OCC1c2ccccc2-c2ccccc21. The molecule has 0 unspecified atom stereocenters. The lowest BCUT2D eigenvalue weighted by atomic mass is 9.98. The highest BCUT2D eigenvalue weighted by Gasteiger charge is 2.29. The number of carboxylic acid groups (broad SMARTS) is 1. The van der Waals surface area contributed by atoms with Gasteiger partial charge in [-0.1, -0.05) is 78.9 Å². The molecule has 3 aromatic carbocycles. The molecule has 9 nitrogen and oxygen atoms in total. The number of carboxylic acids is 1. The third-order valence-electron chi connectivity index (χ3n) is 5.73. The lowest BCUT2D eigenvalue weighted by molar-refractivity contribution is -0.151. The van der Waals surface area contributed by atoms with Gasteiger partial charge in [-0.25, -0.2) is 15.0 Å². The van der Waals surface area contributed by atoms with Crippen molar-refractivity contribution in [1.29, 1.82) is 0 Å². The Hall–Kier alpha value is -4.66. The Morgan fingerprint density at radius 3 is 1.97 bits per heavy atom. The summed E-state index contributed by atoms with van der Waals surface area (Å²) >= 11 is 0. The molecule has 0 fully saturated rings. The number of nitrogens with one attached hydrogen (secondary N) is 3. The summed E-state index contributed by atoms with van der Waals surface area (Å²) < 4.78 is 5.36. The Labute approximate surface area is 201 Å². The fourth-order valence-corrected chi connectivity index (χ4v) is 4.11. The van der Waals surface area contributed by atoms with Crippen LogP contribution in [-0.4, -0.2) is 41.6 Å². The molecule has 1 aliphatic carbocycles. The molecule has 0 heterocycles. The zero-order chi connectivity index (χ0) is 24.8. The van der Waals surface area contributed by atoms with Gasteiger partial charge in [-0.3, -0.25) is 15.0 Å². The summed E-state index contributed by atoms with van der Waals surface area (Å²) in [6.45, 7) is 0.0545. The summed E-state index contributed by atoms with van der Waals surface area (Å²) in [5.41, 5.74) is 9.31. The quantitative estimate of drug-likeness (QED) is 0.321. The van der Waals surface area contributed by atoms with Crippen molar-refractivity contribution in [3.8, 4) is 11.1 Å². The van der Waals surface area contributed by atoms with E-state index in [1.807, 2.05) is 48.5 Å². The van der Waals surface area contributed by atoms with Crippen LogP contribution in [0.5, 0.6) is 0 Å². The van der Waals surface area contributed by atoms with Gasteiger partial charge in [-0.15, -0.1) is 0 Å². The van der Waals surface area contributed by atoms with Crippen LogP contribution in [0.2, 0.25) is 0 Å². The molecule has 3 amide bonds. The van der Waals surface area contributed by atoms with E-state index in [9.17, 15) is 19.2 Å². The zero-order valence-electron chi connectivity index (χ0n) is 18.6. The number of carbonyl (C=O) groups is 4. The fourth-order valence-electron chi connectivity index (χ4n) is 4.11. The Morgan fingerprint density at radius 1 is 0.800 bits per heavy atom. The molecule has 0 radical (unpaired) electrons. The molecule has 0 bridgehead atoms. The first-order chi connectivity index (χ1) is 16.9. The monoisotopic (exact) mass is 473 g/mol. The van der Waals surface area contributed by atoms with E-state index in [-0.39, 0.29) is 18.9 Å². The molecule has 4 rings (SSSR count). The summed E-state index contributed by atoms with van der Waals surface area (Å²) in [6.07, 6.45) is -0.860. The third-order valence-corrected chi connectivity index (χ3v) is 5.73. The average molecular weight is 473 g/mol. The standard InChI is InChI=1S/C26H23N3O6/c30-23(22(27-24(31)25(32)33)14-16-8-2-1-3-9-16)28-29-26(34)35-15-21-19-12-6-4-10-17(19)18-11-5-7-13-20(18)21/h1-13,21-22H,14-15H2,(H,27,31)(H,28,30)(H,29,34)(H,32,33)/t22-/m0/s1. The maximum Gasteiger partial charge on any atom is 0.426 e. The van der Waals surface area contributed by atoms with Crippen LogP contribution in [0.1, 0.15) is 22.6 Å². The van der Waals surface area contributed by atoms with Gasteiger partial charge in [-0.2, -0.15) is 0 Å². The Morgan fingerprint density at radius 2 is 1.37 bits per heavy atom. The number of ether oxygens (including phenoxy) is 1. The summed E-state index contributed by atoms with van der Waals surface area (Å²) in [5, 5.41) is 11.0. The van der Waals surface area contributed by atoms with Gasteiger partial charge in [0.25, 0.3) is 5.91 Å². The van der Waals surface area contributed by atoms with E-state index in [0.717, 1.165) is 22.3 Å². The first-order valence-corrected chi connectivity index (χ1v) is 10.9. The number of amides is 3. The first-order valence-electron chi connectivity index (χ1n) is 10.9. The van der Waals surface area contributed by atoms with Crippen LogP contribution in [0.4, 0.5) is 4.79 Å². The van der Waals surface area contributed by atoms with Crippen molar-refractivity contribution in [3.05, 3.63) is 95.6 Å². The van der Waals surface area contributed by atoms with Crippen molar-refractivity contribution >= 4 is 23.9 Å². The van der Waals surface area contributed by atoms with E-state index < -0.39 is 29.9 Å². The topological polar surface area (TPSA) is 134 Å². The second-order valence-electron chi connectivity index (χ2n) is 7.96. The minimum absolute atomic E-state index is 0.0259. The molecular weight excluding hydrogens is 450 g/mol. The minimum Gasteiger partial charge on any atom is -0.474 e. The maximum absolute atomic E-state index is 12.6. The number of benzene rings is 3. The van der Waals surface area contributed by atoms with E-state index in [1.165, 1.54) is 0 Å². The van der Waals surface area contributed by atoms with Crippen molar-refractivity contribution in [1.82, 2.24) is 16.2 Å². The molecule has 0 saturated carbocycles. The highest BCUT2D eigenvalue weighted by atomic mass is 16.6. The van der Waals surface area contributed by atoms with Gasteiger partial charge in [-0.05, 0) is 27.8 Å². The summed E-state index contributed by atoms with van der Waals surface area (Å²) in [7, 11) is 0. The van der Waals surface area contributed by atoms with Crippen LogP contribution in [0.15, 0.2) is 78.9 Å². The second-order valence-corrected chi connectivity index (χ2v) is 7.96. The molecule has 0 spiro atoms. The van der Waals surface area contributed by atoms with Crippen molar-refractivity contribution in [2.45, 2.75) is 18.4 Å². The van der Waals surface area contributed by atoms with Gasteiger partial charge in [0.05, 0.1) is 0 Å². The number of hydrogen-bond donors (Lipinski definition) is 4. The summed E-state index contributed by atoms with van der Waals surface area (Å²) in [4.78, 5) is 47.5. The van der Waals surface area contributed by atoms with Gasteiger partial charge in [0.2, 0.25) is 0 Å². The molecule has 1 aliphatic rings. The number of hydrogen-bond acceptors (Lipinski definition) is 5. The van der Waals surface area contributed by atoms with Gasteiger partial charge in [0.1, 0.15) is 12.6 Å². The third kappa shape index (κ3) is 5.47. The smallest absolute Gasteiger partial charge is 0.426 e. The zero-order valence-corrected chi connectivity index (χ0v) is 18.6. The van der Waals surface area contributed by atoms with Crippen LogP contribution in [0.25, 0.3) is 11.1 Å². The second kappa shape index (κ2) is 10.5. The normalized spacial score (nSPS) is 12.6. The van der Waals surface area contributed by atoms with E-state index in [2.05, 4.69) is 16.2 Å². The number of rotatable bonds is 6. The largest absolute Gasteiger partial charge is 0.474 e. The first kappa shape index (κ1) is 23.5. The molecule has 0 aromatic heterocycles. The maximum atomic E-state index is 12.6. The number of carbonyl (C=O) groups excluding carboxylic acids is 3. The van der Waals surface area contributed by atoms with E-state index >= 15 is 0 Å². The number of aliphatic carboxylic acids is 1. The summed E-state index contributed by atoms with van der Waals surface area (Å²) in [6, 6.07) is 23.3. The van der Waals surface area contributed by atoms with Gasteiger partial charge in [0, 0.05) is 12.3 Å². The van der Waals surface area contributed by atoms with Gasteiger partial charge >= 0.3 is 18.0 Å². The average Bonchev–Trinajstić information content (AvgIpc) is 3.19. The van der Waals surface area contributed by atoms with Gasteiger partial charge in [0.15, 0.2) is 0 Å². The van der Waals surface area contributed by atoms with Crippen LogP contribution in [0.3, 0.4) is 0 Å². The molecule has 3 aromatic rings. The molecular formula is C26H23N3O6. The molecule has 4 N–H and O–H groups in total. The van der Waals surface area contributed by atoms with E-state index in [0.29, 0.717) is 5.56 Å². The molecule has 1 atom stereocenters. The molecule has 35 heavy (non-hydrogen) atoms. The Bertz CT molecular complexity index is 1220. The van der Waals surface area contributed by atoms with E-state index in [1.54, 1.807) is 30.3 Å². The molecule has 0 saturated heterocycles. The van der Waals surface area contributed by atoms with E-state index in [4.69, 9.17) is 9.84 Å². The van der Waals surface area contributed by atoms with Crippen molar-refractivity contribution in [3.63, 3.8) is 0 Å². The van der Waals surface area contributed by atoms with Crippen LogP contribution >= 0.6 is 0 Å². The molecule has 0 aliphatic heterocycles. The lowest BCUT2D eigenvalue weighted by Crippen LogP contribution is -2.54. The number of fused-ring (bicyclic) bond motifs is 3. The highest BCUT2D eigenvalue weighted by molar-refractivity contribution is 6.32. The van der Waals surface area contributed by atoms with Crippen molar-refractivity contribution in [2.75, 3.05) is 6.61 Å². The fraction of sp³-hybridized carbons (Fsp3) is 0.154. The van der Waals surface area contributed by atoms with Crippen LogP contribution in [0, 0.1) is 0 Å². The van der Waals surface area contributed by atoms with Crippen LogP contribution in [-0.2, 0) is 25.5 Å². The predicted octanol–water partition coefficient (Wildman–Crippen LogP) is 2.37. The predicted molar refractivity (Wildman–Crippen MR) is 126 cm³/mol. The Balaban J connectivity index is 1.36. The summed E-state index contributed by atoms with van der Waals surface area (Å²) in [5.74, 6) is -4.00.